The number of Topliss-reactive ketones (excluding diaryl/α,β-unsaturated/α-hetero) is 1. The first-order valence-corrected chi connectivity index (χ1v) is 12.6. The molecule has 2 unspecified atom stereocenters. The number of allylic oxidation sites excluding steroid dienone is 3. The molecule has 0 heterocycles. The Morgan fingerprint density at radius 2 is 1.71 bits per heavy atom. The number of hydroxylamine groups is 1. The van der Waals surface area contributed by atoms with Crippen molar-refractivity contribution < 1.29 is 19.6 Å². The molecule has 34 heavy (non-hydrogen) atoms. The van der Waals surface area contributed by atoms with Gasteiger partial charge in [-0.3, -0.25) is 25.0 Å². The Morgan fingerprint density at radius 3 is 2.18 bits per heavy atom. The molecule has 4 atom stereocenters. The summed E-state index contributed by atoms with van der Waals surface area (Å²) in [7, 11) is 0. The Balaban J connectivity index is 2.95. The predicted molar refractivity (Wildman–Crippen MR) is 132 cm³/mol. The van der Waals surface area contributed by atoms with Crippen LogP contribution in [-0.4, -0.2) is 28.8 Å². The van der Waals surface area contributed by atoms with Gasteiger partial charge in [-0.25, -0.2) is 11.3 Å². The highest BCUT2D eigenvalue weighted by molar-refractivity contribution is 6.03. The van der Waals surface area contributed by atoms with Crippen molar-refractivity contribution in [3.05, 3.63) is 23.8 Å². The van der Waals surface area contributed by atoms with E-state index in [1.54, 1.807) is 19.1 Å². The maximum atomic E-state index is 13.9. The molecule has 7 N–H and O–H groups in total. The maximum Gasteiger partial charge on any atom is 0.255 e. The maximum absolute atomic E-state index is 13.9. The van der Waals surface area contributed by atoms with Crippen LogP contribution in [0.2, 0.25) is 0 Å². The van der Waals surface area contributed by atoms with Gasteiger partial charge in [-0.2, -0.15) is 0 Å². The summed E-state index contributed by atoms with van der Waals surface area (Å²) in [6.07, 6.45) is 11.4. The van der Waals surface area contributed by atoms with E-state index in [0.29, 0.717) is 6.42 Å². The van der Waals surface area contributed by atoms with Crippen molar-refractivity contribution in [1.82, 2.24) is 10.9 Å². The summed E-state index contributed by atoms with van der Waals surface area (Å²) in [5.41, 5.74) is 8.02. The zero-order valence-electron chi connectivity index (χ0n) is 21.4. The molecule has 0 spiro atoms. The van der Waals surface area contributed by atoms with Gasteiger partial charge in [0.1, 0.15) is 0 Å². The number of hydrazine groups is 1. The molecule has 2 aliphatic carbocycles. The molecule has 0 aromatic heterocycles. The Labute approximate surface area is 203 Å². The average molecular weight is 477 g/mol. The van der Waals surface area contributed by atoms with Crippen LogP contribution in [0.25, 0.3) is 0 Å². The van der Waals surface area contributed by atoms with Crippen molar-refractivity contribution in [2.45, 2.75) is 85.6 Å². The van der Waals surface area contributed by atoms with Crippen LogP contribution in [0.1, 0.15) is 79.6 Å². The van der Waals surface area contributed by atoms with E-state index in [4.69, 9.17) is 11.6 Å². The minimum Gasteiger partial charge on any atom is -0.322 e. The predicted octanol–water partition coefficient (Wildman–Crippen LogP) is 3.16. The molecule has 2 amide bonds. The van der Waals surface area contributed by atoms with E-state index in [-0.39, 0.29) is 30.0 Å². The molecule has 0 radical (unpaired) electrons. The van der Waals surface area contributed by atoms with Crippen LogP contribution in [-0.2, 0) is 14.4 Å². The van der Waals surface area contributed by atoms with E-state index in [9.17, 15) is 19.6 Å². The number of hydrogen-bond donors (Lipinski definition) is 5. The Kier molecular flexibility index (Phi) is 9.62. The van der Waals surface area contributed by atoms with E-state index < -0.39 is 34.6 Å². The lowest BCUT2D eigenvalue weighted by Gasteiger charge is -2.52. The molecule has 2 rings (SSSR count). The molecule has 192 valence electrons. The molecule has 0 aromatic carbocycles. The van der Waals surface area contributed by atoms with Gasteiger partial charge < -0.3 is 5.73 Å². The lowest BCUT2D eigenvalue weighted by Crippen LogP contribution is -2.64. The van der Waals surface area contributed by atoms with Crippen LogP contribution >= 0.6 is 0 Å². The van der Waals surface area contributed by atoms with Crippen LogP contribution in [0.3, 0.4) is 0 Å². The number of nitrogens with two attached hydrogens (primary N) is 2. The van der Waals surface area contributed by atoms with Crippen LogP contribution in [0, 0.1) is 34.5 Å². The summed E-state index contributed by atoms with van der Waals surface area (Å²) in [4.78, 5) is 41.1. The van der Waals surface area contributed by atoms with Crippen molar-refractivity contribution in [1.29, 1.82) is 0 Å². The van der Waals surface area contributed by atoms with Gasteiger partial charge in [-0.1, -0.05) is 65.2 Å². The van der Waals surface area contributed by atoms with E-state index in [2.05, 4.69) is 5.43 Å². The zero-order valence-corrected chi connectivity index (χ0v) is 21.4. The molecule has 8 heteroatoms. The highest BCUT2D eigenvalue weighted by atomic mass is 16.5. The monoisotopic (exact) mass is 476 g/mol. The standard InChI is InChI=1S/C26H44N4O4/c1-16(2)13-21(23(32)29-28)26(24(33)30-34)15-20(19-9-7-6-8-10-19)11-12-25(26,14-17(3)4)22(31)18(5)27/h11-12,15-19,21,34H,6-10,13-14,27-28H2,1-5H3,(H,29,32)(H,30,33)/t18-,21+,25?,26?/m1/s1. The van der Waals surface area contributed by atoms with Crippen LogP contribution < -0.4 is 22.5 Å². The third-order valence-corrected chi connectivity index (χ3v) is 7.55. The second-order valence-corrected chi connectivity index (χ2v) is 11.0. The highest BCUT2D eigenvalue weighted by Gasteiger charge is 2.64. The summed E-state index contributed by atoms with van der Waals surface area (Å²) in [6.45, 7) is 9.42. The number of carbonyl (C=O) groups excluding carboxylic acids is 3. The summed E-state index contributed by atoms with van der Waals surface area (Å²) in [5, 5.41) is 10.0. The van der Waals surface area contributed by atoms with Gasteiger partial charge in [0.25, 0.3) is 5.91 Å². The van der Waals surface area contributed by atoms with Gasteiger partial charge in [0.05, 0.1) is 22.8 Å². The lowest BCUT2D eigenvalue weighted by molar-refractivity contribution is -0.160. The minimum absolute atomic E-state index is 0.00323. The smallest absolute Gasteiger partial charge is 0.255 e. The van der Waals surface area contributed by atoms with Crippen molar-refractivity contribution in [2.75, 3.05) is 0 Å². The highest BCUT2D eigenvalue weighted by Crippen LogP contribution is 2.57. The Hall–Kier alpha value is -2.03. The molecule has 1 fully saturated rings. The van der Waals surface area contributed by atoms with Crippen LogP contribution in [0.5, 0.6) is 0 Å². The van der Waals surface area contributed by atoms with Gasteiger partial charge in [0.15, 0.2) is 5.78 Å². The fourth-order valence-corrected chi connectivity index (χ4v) is 6.18. The Morgan fingerprint density at radius 1 is 1.09 bits per heavy atom. The number of hydrogen-bond acceptors (Lipinski definition) is 6. The van der Waals surface area contributed by atoms with Crippen LogP contribution in [0.4, 0.5) is 0 Å². The van der Waals surface area contributed by atoms with E-state index in [0.717, 1.165) is 31.3 Å². The van der Waals surface area contributed by atoms with E-state index in [1.807, 2.05) is 39.3 Å². The van der Waals surface area contributed by atoms with Gasteiger partial charge >= 0.3 is 0 Å². The SMILES string of the molecule is CC(C)C[C@@H](C(=O)NN)C1(C(=O)NO)C=C(C2CCCCC2)C=CC1(CC(C)C)C(=O)[C@@H](C)N. The lowest BCUT2D eigenvalue weighted by atomic mass is 9.48. The van der Waals surface area contributed by atoms with Crippen molar-refractivity contribution in [2.24, 2.45) is 46.1 Å². The van der Waals surface area contributed by atoms with E-state index in [1.165, 1.54) is 6.42 Å². The first-order valence-electron chi connectivity index (χ1n) is 12.6. The second-order valence-electron chi connectivity index (χ2n) is 11.0. The quantitative estimate of drug-likeness (QED) is 0.142. The number of carbonyl (C=O) groups is 3. The summed E-state index contributed by atoms with van der Waals surface area (Å²) in [5.74, 6) is 3.21. The summed E-state index contributed by atoms with van der Waals surface area (Å²) < 4.78 is 0. The fraction of sp³-hybridized carbons (Fsp3) is 0.731. The van der Waals surface area contributed by atoms with Crippen LogP contribution in [0.15, 0.2) is 23.8 Å². The molecule has 0 bridgehead atoms. The van der Waals surface area contributed by atoms with Gasteiger partial charge in [0, 0.05) is 0 Å². The molecule has 0 aromatic rings. The first kappa shape index (κ1) is 28.2. The van der Waals surface area contributed by atoms with Gasteiger partial charge in [-0.05, 0) is 55.9 Å². The molecular formula is C26H44N4O4. The Bertz CT molecular complexity index is 814. The topological polar surface area (TPSA) is 148 Å². The molecule has 1 saturated carbocycles. The second kappa shape index (κ2) is 11.6. The number of amides is 2. The number of ketones is 1. The number of nitrogens with one attached hydrogen (secondary N) is 2. The van der Waals surface area contributed by atoms with Gasteiger partial charge in [0.2, 0.25) is 5.91 Å². The largest absolute Gasteiger partial charge is 0.322 e. The molecule has 2 aliphatic rings. The van der Waals surface area contributed by atoms with Crippen molar-refractivity contribution >= 4 is 17.6 Å². The average Bonchev–Trinajstić information content (AvgIpc) is 2.81. The minimum atomic E-state index is -1.69. The molecule has 0 saturated heterocycles. The normalized spacial score (nSPS) is 27.3. The molecular weight excluding hydrogens is 432 g/mol. The number of rotatable bonds is 10. The fourth-order valence-electron chi connectivity index (χ4n) is 6.18. The summed E-state index contributed by atoms with van der Waals surface area (Å²) in [6, 6.07) is -0.875. The molecule has 0 aliphatic heterocycles. The first-order chi connectivity index (χ1) is 16.0. The zero-order chi connectivity index (χ0) is 25.7. The third kappa shape index (κ3) is 5.29. The van der Waals surface area contributed by atoms with Crippen molar-refractivity contribution in [3.63, 3.8) is 0 Å². The van der Waals surface area contributed by atoms with E-state index >= 15 is 0 Å². The van der Waals surface area contributed by atoms with Crippen molar-refractivity contribution in [3.8, 4) is 0 Å². The third-order valence-electron chi connectivity index (χ3n) is 7.55. The molecule has 8 nitrogen and oxygen atoms in total. The summed E-state index contributed by atoms with van der Waals surface area (Å²) >= 11 is 0. The van der Waals surface area contributed by atoms with Gasteiger partial charge in [-0.15, -0.1) is 0 Å².